The van der Waals surface area contributed by atoms with Crippen molar-refractivity contribution in [2.45, 2.75) is 0 Å². The van der Waals surface area contributed by atoms with Gasteiger partial charge in [-0.15, -0.1) is 0 Å². The molecule has 0 amide bonds. The fraction of sp³-hybridized carbons (Fsp3) is 0. The van der Waals surface area contributed by atoms with Crippen LogP contribution in [0.3, 0.4) is 0 Å². The van der Waals surface area contributed by atoms with Crippen molar-refractivity contribution in [3.8, 4) is 17.3 Å². The van der Waals surface area contributed by atoms with Crippen LogP contribution in [0.5, 0.6) is 5.75 Å². The molecular formula is C11H6Cl2N2O2. The SMILES string of the molecule is Oc1cccn2c(-c3ccc(Cl)o3)nc(Cl)c12. The molecule has 1 N–H and O–H groups in total. The Balaban J connectivity index is 2.35. The number of aromatic nitrogens is 2. The van der Waals surface area contributed by atoms with E-state index in [2.05, 4.69) is 4.98 Å². The van der Waals surface area contributed by atoms with Crippen molar-refractivity contribution in [2.24, 2.45) is 0 Å². The molecule has 0 fully saturated rings. The first-order valence-corrected chi connectivity index (χ1v) is 5.53. The number of halogens is 2. The summed E-state index contributed by atoms with van der Waals surface area (Å²) in [6.07, 6.45) is 1.74. The second kappa shape index (κ2) is 3.68. The maximum Gasteiger partial charge on any atom is 0.194 e. The van der Waals surface area contributed by atoms with Crippen LogP contribution in [-0.2, 0) is 0 Å². The van der Waals surface area contributed by atoms with Crippen LogP contribution in [0.2, 0.25) is 10.4 Å². The number of hydrogen-bond donors (Lipinski definition) is 1. The first-order chi connectivity index (χ1) is 8.16. The Morgan fingerprint density at radius 3 is 2.76 bits per heavy atom. The molecule has 3 heterocycles. The zero-order valence-corrected chi connectivity index (χ0v) is 9.90. The lowest BCUT2D eigenvalue weighted by atomic mass is 10.4. The maximum absolute atomic E-state index is 9.72. The largest absolute Gasteiger partial charge is 0.506 e. The Hall–Kier alpha value is -1.65. The van der Waals surface area contributed by atoms with E-state index in [9.17, 15) is 5.11 Å². The molecule has 0 aromatic carbocycles. The van der Waals surface area contributed by atoms with E-state index in [1.165, 1.54) is 0 Å². The van der Waals surface area contributed by atoms with Crippen LogP contribution in [0.4, 0.5) is 0 Å². The summed E-state index contributed by atoms with van der Waals surface area (Å²) in [5.74, 6) is 1.05. The van der Waals surface area contributed by atoms with E-state index < -0.39 is 0 Å². The average molecular weight is 269 g/mol. The summed E-state index contributed by atoms with van der Waals surface area (Å²) in [5.41, 5.74) is 0.441. The Labute approximate surface area is 106 Å². The topological polar surface area (TPSA) is 50.7 Å². The fourth-order valence-corrected chi connectivity index (χ4v) is 2.10. The Bertz CT molecular complexity index is 703. The van der Waals surface area contributed by atoms with Gasteiger partial charge < -0.3 is 9.52 Å². The summed E-state index contributed by atoms with van der Waals surface area (Å²) < 4.78 is 6.92. The standard InChI is InChI=1S/C11H6Cl2N2O2/c12-8-4-3-7(17-8)11-14-10(13)9-6(16)2-1-5-15(9)11/h1-5,16H. The smallest absolute Gasteiger partial charge is 0.194 e. The number of rotatable bonds is 1. The number of nitrogens with zero attached hydrogens (tertiary/aromatic N) is 2. The van der Waals surface area contributed by atoms with Gasteiger partial charge in [0.25, 0.3) is 0 Å². The maximum atomic E-state index is 9.72. The predicted molar refractivity (Wildman–Crippen MR) is 64.6 cm³/mol. The van der Waals surface area contributed by atoms with Gasteiger partial charge in [0.15, 0.2) is 22.0 Å². The van der Waals surface area contributed by atoms with E-state index >= 15 is 0 Å². The molecule has 0 atom stereocenters. The van der Waals surface area contributed by atoms with E-state index in [4.69, 9.17) is 27.6 Å². The van der Waals surface area contributed by atoms with Gasteiger partial charge in [0.05, 0.1) is 0 Å². The van der Waals surface area contributed by atoms with E-state index in [0.29, 0.717) is 17.1 Å². The van der Waals surface area contributed by atoms with Crippen LogP contribution in [-0.4, -0.2) is 14.5 Å². The number of furan rings is 1. The quantitative estimate of drug-likeness (QED) is 0.734. The minimum atomic E-state index is 0.0638. The van der Waals surface area contributed by atoms with E-state index in [1.807, 2.05) is 0 Å². The molecule has 0 bridgehead atoms. The number of pyridine rings is 1. The molecule has 0 unspecified atom stereocenters. The summed E-state index contributed by atoms with van der Waals surface area (Å²) >= 11 is 11.7. The number of fused-ring (bicyclic) bond motifs is 1. The third-order valence-electron chi connectivity index (χ3n) is 2.39. The highest BCUT2D eigenvalue weighted by atomic mass is 35.5. The van der Waals surface area contributed by atoms with Crippen LogP contribution in [0.1, 0.15) is 0 Å². The Morgan fingerprint density at radius 2 is 2.06 bits per heavy atom. The molecule has 0 saturated carbocycles. The Morgan fingerprint density at radius 1 is 1.24 bits per heavy atom. The van der Waals surface area contributed by atoms with Crippen LogP contribution >= 0.6 is 23.2 Å². The van der Waals surface area contributed by atoms with Gasteiger partial charge in [-0.1, -0.05) is 11.6 Å². The normalized spacial score (nSPS) is 11.2. The number of aromatic hydroxyl groups is 1. The van der Waals surface area contributed by atoms with Crippen LogP contribution in [0.15, 0.2) is 34.9 Å². The van der Waals surface area contributed by atoms with Crippen molar-refractivity contribution in [3.05, 3.63) is 40.8 Å². The van der Waals surface area contributed by atoms with Crippen molar-refractivity contribution in [1.29, 1.82) is 0 Å². The molecule has 86 valence electrons. The van der Waals surface area contributed by atoms with Gasteiger partial charge in [-0.2, -0.15) is 0 Å². The summed E-state index contributed by atoms with van der Waals surface area (Å²) in [7, 11) is 0. The lowest BCUT2D eigenvalue weighted by molar-refractivity contribution is 0.479. The zero-order valence-electron chi connectivity index (χ0n) is 8.39. The molecule has 0 aliphatic carbocycles. The van der Waals surface area contributed by atoms with Crippen molar-refractivity contribution in [1.82, 2.24) is 9.38 Å². The van der Waals surface area contributed by atoms with Crippen molar-refractivity contribution >= 4 is 28.7 Å². The third-order valence-corrected chi connectivity index (χ3v) is 2.86. The zero-order chi connectivity index (χ0) is 12.0. The van der Waals surface area contributed by atoms with Crippen LogP contribution < -0.4 is 0 Å². The molecule has 0 aliphatic heterocycles. The number of hydrogen-bond acceptors (Lipinski definition) is 3. The van der Waals surface area contributed by atoms with Gasteiger partial charge in [-0.25, -0.2) is 4.98 Å². The van der Waals surface area contributed by atoms with Crippen LogP contribution in [0.25, 0.3) is 17.1 Å². The molecule has 3 rings (SSSR count). The van der Waals surface area contributed by atoms with Gasteiger partial charge in [0.2, 0.25) is 0 Å². The van der Waals surface area contributed by atoms with Crippen molar-refractivity contribution < 1.29 is 9.52 Å². The van der Waals surface area contributed by atoms with E-state index in [1.54, 1.807) is 34.9 Å². The van der Waals surface area contributed by atoms with Gasteiger partial charge in [-0.3, -0.25) is 4.40 Å². The first-order valence-electron chi connectivity index (χ1n) is 4.78. The molecule has 0 saturated heterocycles. The highest BCUT2D eigenvalue weighted by Gasteiger charge is 2.16. The van der Waals surface area contributed by atoms with Gasteiger partial charge in [-0.05, 0) is 35.9 Å². The van der Waals surface area contributed by atoms with Crippen molar-refractivity contribution in [3.63, 3.8) is 0 Å². The summed E-state index contributed by atoms with van der Waals surface area (Å²) in [4.78, 5) is 4.15. The molecule has 0 spiro atoms. The predicted octanol–water partition coefficient (Wildman–Crippen LogP) is 3.61. The molecule has 3 aromatic rings. The summed E-state index contributed by atoms with van der Waals surface area (Å²) in [6, 6.07) is 6.54. The first kappa shape index (κ1) is 10.5. The van der Waals surface area contributed by atoms with Crippen LogP contribution in [0, 0.1) is 0 Å². The minimum Gasteiger partial charge on any atom is -0.506 e. The molecule has 3 aromatic heterocycles. The molecule has 6 heteroatoms. The Kier molecular flexibility index (Phi) is 2.28. The monoisotopic (exact) mass is 268 g/mol. The van der Waals surface area contributed by atoms with E-state index in [0.717, 1.165) is 0 Å². The highest BCUT2D eigenvalue weighted by Crippen LogP contribution is 2.32. The van der Waals surface area contributed by atoms with Gasteiger partial charge in [0.1, 0.15) is 11.3 Å². The summed E-state index contributed by atoms with van der Waals surface area (Å²) in [6.45, 7) is 0. The highest BCUT2D eigenvalue weighted by molar-refractivity contribution is 6.33. The second-order valence-corrected chi connectivity index (χ2v) is 4.17. The third kappa shape index (κ3) is 1.57. The molecule has 0 radical (unpaired) electrons. The fourth-order valence-electron chi connectivity index (χ4n) is 1.69. The number of imidazole rings is 1. The molecule has 4 nitrogen and oxygen atoms in total. The summed E-state index contributed by atoms with van der Waals surface area (Å²) in [5, 5.41) is 10.2. The molecular weight excluding hydrogens is 263 g/mol. The van der Waals surface area contributed by atoms with Gasteiger partial charge in [0, 0.05) is 6.20 Å². The second-order valence-electron chi connectivity index (χ2n) is 3.44. The molecule has 17 heavy (non-hydrogen) atoms. The lowest BCUT2D eigenvalue weighted by Gasteiger charge is -1.99. The minimum absolute atomic E-state index is 0.0638. The average Bonchev–Trinajstić information content (AvgIpc) is 2.84. The lowest BCUT2D eigenvalue weighted by Crippen LogP contribution is -1.87. The van der Waals surface area contributed by atoms with Crippen molar-refractivity contribution in [2.75, 3.05) is 0 Å². The molecule has 0 aliphatic rings. The van der Waals surface area contributed by atoms with Gasteiger partial charge >= 0.3 is 0 Å². The van der Waals surface area contributed by atoms with E-state index in [-0.39, 0.29) is 16.1 Å².